The summed E-state index contributed by atoms with van der Waals surface area (Å²) in [7, 11) is 0. The Hall–Kier alpha value is -0.320. The fraction of sp³-hybridized carbons (Fsp3) is 0.556. The van der Waals surface area contributed by atoms with Gasteiger partial charge in [0.05, 0.1) is 12.0 Å². The molecule has 0 saturated carbocycles. The van der Waals surface area contributed by atoms with Crippen molar-refractivity contribution < 1.29 is 9.52 Å². The summed E-state index contributed by atoms with van der Waals surface area (Å²) in [6.45, 7) is 4.17. The zero-order valence-corrected chi connectivity index (χ0v) is 9.39. The van der Waals surface area contributed by atoms with E-state index in [1.807, 2.05) is 19.9 Å². The van der Waals surface area contributed by atoms with Gasteiger partial charge in [-0.1, -0.05) is 0 Å². The van der Waals surface area contributed by atoms with Crippen LogP contribution in [0, 0.1) is 6.92 Å². The first kappa shape index (κ1) is 10.8. The molecule has 1 aromatic rings. The number of hydrogen-bond donors (Lipinski definition) is 2. The Labute approximate surface area is 86.1 Å². The van der Waals surface area contributed by atoms with Gasteiger partial charge < -0.3 is 15.3 Å². The van der Waals surface area contributed by atoms with Crippen LogP contribution in [-0.2, 0) is 5.41 Å². The van der Waals surface area contributed by atoms with E-state index in [1.165, 1.54) is 0 Å². The van der Waals surface area contributed by atoms with Gasteiger partial charge >= 0.3 is 0 Å². The second kappa shape index (κ2) is 3.82. The van der Waals surface area contributed by atoms with Crippen molar-refractivity contribution in [1.82, 2.24) is 0 Å². The lowest BCUT2D eigenvalue weighted by atomic mass is 9.87. The molecule has 0 aliphatic rings. The maximum atomic E-state index is 9.22. The number of aliphatic hydroxyl groups excluding tert-OH is 1. The molecule has 1 atom stereocenters. The highest BCUT2D eigenvalue weighted by Gasteiger charge is 2.29. The molecule has 3 nitrogen and oxygen atoms in total. The predicted molar refractivity (Wildman–Crippen MR) is 54.6 cm³/mol. The van der Waals surface area contributed by atoms with E-state index >= 15 is 0 Å². The largest absolute Gasteiger partial charge is 0.453 e. The van der Waals surface area contributed by atoms with Crippen LogP contribution in [0.3, 0.4) is 0 Å². The molecule has 0 saturated heterocycles. The molecule has 0 aromatic carbocycles. The molecular formula is C9H14BrNO2. The third kappa shape index (κ3) is 1.95. The van der Waals surface area contributed by atoms with Gasteiger partial charge in [-0.05, 0) is 41.4 Å². The standard InChI is InChI=1S/C9H14BrNO2/c1-6-3-7(10)13-8(6)9(2,4-11)5-12/h3,12H,4-5,11H2,1-2H3. The monoisotopic (exact) mass is 247 g/mol. The maximum Gasteiger partial charge on any atom is 0.169 e. The Kier molecular flexibility index (Phi) is 3.16. The lowest BCUT2D eigenvalue weighted by Gasteiger charge is -2.23. The average molecular weight is 248 g/mol. The van der Waals surface area contributed by atoms with Gasteiger partial charge in [-0.25, -0.2) is 0 Å². The Balaban J connectivity index is 3.11. The smallest absolute Gasteiger partial charge is 0.169 e. The van der Waals surface area contributed by atoms with E-state index in [2.05, 4.69) is 15.9 Å². The van der Waals surface area contributed by atoms with Gasteiger partial charge in [0.2, 0.25) is 0 Å². The fourth-order valence-electron chi connectivity index (χ4n) is 1.27. The van der Waals surface area contributed by atoms with Crippen molar-refractivity contribution in [2.75, 3.05) is 13.2 Å². The first-order valence-corrected chi connectivity index (χ1v) is 4.90. The van der Waals surface area contributed by atoms with Crippen LogP contribution in [0.1, 0.15) is 18.2 Å². The van der Waals surface area contributed by atoms with Gasteiger partial charge in [-0.2, -0.15) is 0 Å². The molecule has 0 spiro atoms. The van der Waals surface area contributed by atoms with Crippen molar-refractivity contribution in [3.05, 3.63) is 22.1 Å². The first-order chi connectivity index (χ1) is 6.03. The second-order valence-corrected chi connectivity index (χ2v) is 4.27. The number of hydrogen-bond acceptors (Lipinski definition) is 3. The molecular weight excluding hydrogens is 234 g/mol. The molecule has 0 aliphatic heterocycles. The van der Waals surface area contributed by atoms with E-state index < -0.39 is 5.41 Å². The molecule has 1 rings (SSSR count). The summed E-state index contributed by atoms with van der Waals surface area (Å²) < 4.78 is 6.11. The third-order valence-corrected chi connectivity index (χ3v) is 2.63. The highest BCUT2D eigenvalue weighted by atomic mass is 79.9. The van der Waals surface area contributed by atoms with Crippen LogP contribution < -0.4 is 5.73 Å². The van der Waals surface area contributed by atoms with Crippen LogP contribution in [0.5, 0.6) is 0 Å². The molecule has 3 N–H and O–H groups in total. The number of nitrogens with two attached hydrogens (primary N) is 1. The van der Waals surface area contributed by atoms with E-state index in [4.69, 9.17) is 10.2 Å². The molecule has 0 radical (unpaired) electrons. The van der Waals surface area contributed by atoms with Gasteiger partial charge in [0.1, 0.15) is 5.76 Å². The fourth-order valence-corrected chi connectivity index (χ4v) is 1.78. The van der Waals surface area contributed by atoms with Crippen molar-refractivity contribution in [2.24, 2.45) is 5.73 Å². The lowest BCUT2D eigenvalue weighted by molar-refractivity contribution is 0.186. The SMILES string of the molecule is Cc1cc(Br)oc1C(C)(CN)CO. The van der Waals surface area contributed by atoms with Crippen molar-refractivity contribution in [3.63, 3.8) is 0 Å². The van der Waals surface area contributed by atoms with Crippen LogP contribution in [-0.4, -0.2) is 18.3 Å². The topological polar surface area (TPSA) is 59.4 Å². The Morgan fingerprint density at radius 1 is 1.69 bits per heavy atom. The zero-order chi connectivity index (χ0) is 10.1. The Morgan fingerprint density at radius 2 is 2.31 bits per heavy atom. The number of aliphatic hydroxyl groups is 1. The van der Waals surface area contributed by atoms with Crippen molar-refractivity contribution >= 4 is 15.9 Å². The minimum atomic E-state index is -0.476. The molecule has 4 heteroatoms. The maximum absolute atomic E-state index is 9.22. The van der Waals surface area contributed by atoms with Crippen molar-refractivity contribution in [2.45, 2.75) is 19.3 Å². The lowest BCUT2D eigenvalue weighted by Crippen LogP contribution is -2.35. The molecule has 0 amide bonds. The summed E-state index contributed by atoms with van der Waals surface area (Å²) in [5, 5.41) is 9.22. The van der Waals surface area contributed by atoms with E-state index in [0.29, 0.717) is 11.2 Å². The molecule has 13 heavy (non-hydrogen) atoms. The summed E-state index contributed by atoms with van der Waals surface area (Å²) in [6.07, 6.45) is 0. The zero-order valence-electron chi connectivity index (χ0n) is 7.80. The molecule has 74 valence electrons. The molecule has 1 aromatic heterocycles. The van der Waals surface area contributed by atoms with E-state index in [0.717, 1.165) is 11.3 Å². The number of halogens is 1. The summed E-state index contributed by atoms with van der Waals surface area (Å²) in [5.41, 5.74) is 6.12. The Morgan fingerprint density at radius 3 is 2.62 bits per heavy atom. The molecule has 0 fully saturated rings. The first-order valence-electron chi connectivity index (χ1n) is 4.11. The van der Waals surface area contributed by atoms with Crippen molar-refractivity contribution in [1.29, 1.82) is 0 Å². The molecule has 1 heterocycles. The highest BCUT2D eigenvalue weighted by molar-refractivity contribution is 9.10. The second-order valence-electron chi connectivity index (χ2n) is 3.49. The normalized spacial score (nSPS) is 15.8. The minimum absolute atomic E-state index is 0.00963. The molecule has 1 unspecified atom stereocenters. The van der Waals surface area contributed by atoms with Crippen LogP contribution >= 0.6 is 15.9 Å². The molecule has 0 aliphatic carbocycles. The van der Waals surface area contributed by atoms with Gasteiger partial charge in [0.25, 0.3) is 0 Å². The van der Waals surface area contributed by atoms with Crippen molar-refractivity contribution in [3.8, 4) is 0 Å². The number of furan rings is 1. The van der Waals surface area contributed by atoms with E-state index in [9.17, 15) is 5.11 Å². The van der Waals surface area contributed by atoms with Crippen LogP contribution in [0.2, 0.25) is 0 Å². The van der Waals surface area contributed by atoms with Crippen LogP contribution in [0.4, 0.5) is 0 Å². The van der Waals surface area contributed by atoms with Crippen LogP contribution in [0.15, 0.2) is 15.2 Å². The van der Waals surface area contributed by atoms with Gasteiger partial charge in [0.15, 0.2) is 4.67 Å². The van der Waals surface area contributed by atoms with E-state index in [-0.39, 0.29) is 6.61 Å². The van der Waals surface area contributed by atoms with E-state index in [1.54, 1.807) is 0 Å². The predicted octanol–water partition coefficient (Wildman–Crippen LogP) is 1.56. The van der Waals surface area contributed by atoms with Gasteiger partial charge in [-0.3, -0.25) is 0 Å². The summed E-state index contributed by atoms with van der Waals surface area (Å²) in [4.78, 5) is 0. The Bertz CT molecular complexity index is 292. The summed E-state index contributed by atoms with van der Waals surface area (Å²) in [5.74, 6) is 0.754. The summed E-state index contributed by atoms with van der Waals surface area (Å²) >= 11 is 3.24. The quantitative estimate of drug-likeness (QED) is 0.853. The highest BCUT2D eigenvalue weighted by Crippen LogP contribution is 2.30. The number of aryl methyl sites for hydroxylation is 1. The van der Waals surface area contributed by atoms with Crippen LogP contribution in [0.25, 0.3) is 0 Å². The van der Waals surface area contributed by atoms with Gasteiger partial charge in [-0.15, -0.1) is 0 Å². The third-order valence-electron chi connectivity index (χ3n) is 2.24. The molecule has 0 bridgehead atoms. The van der Waals surface area contributed by atoms with Gasteiger partial charge in [0, 0.05) is 6.54 Å². The average Bonchev–Trinajstić information content (AvgIpc) is 2.44. The summed E-state index contributed by atoms with van der Waals surface area (Å²) in [6, 6.07) is 1.87. The minimum Gasteiger partial charge on any atom is -0.453 e. The number of rotatable bonds is 3.